The number of carbonyl (C=O) groups is 1. The molecule has 0 aliphatic heterocycles. The minimum Gasteiger partial charge on any atom is -0.352 e. The van der Waals surface area contributed by atoms with Gasteiger partial charge in [-0.25, -0.2) is 9.18 Å². The lowest BCUT2D eigenvalue weighted by Crippen LogP contribution is -2.18. The lowest BCUT2D eigenvalue weighted by Gasteiger charge is -2.05. The van der Waals surface area contributed by atoms with Gasteiger partial charge in [-0.3, -0.25) is 0 Å². The van der Waals surface area contributed by atoms with Gasteiger partial charge in [-0.15, -0.1) is 0 Å². The molecular weight excluding hydrogens is 293 g/mol. The van der Waals surface area contributed by atoms with Crippen molar-refractivity contribution in [1.82, 2.24) is 4.57 Å². The summed E-state index contributed by atoms with van der Waals surface area (Å²) < 4.78 is 14.9. The number of aromatic nitrogens is 1. The monoisotopic (exact) mass is 305 g/mol. The number of nitrogens with two attached hydrogens (primary N) is 2. The van der Waals surface area contributed by atoms with Crippen molar-refractivity contribution in [2.45, 2.75) is 0 Å². The summed E-state index contributed by atoms with van der Waals surface area (Å²) in [7, 11) is 0. The van der Waals surface area contributed by atoms with Crippen LogP contribution in [0.4, 0.5) is 9.18 Å². The highest BCUT2D eigenvalue weighted by Gasteiger charge is 2.03. The van der Waals surface area contributed by atoms with E-state index in [9.17, 15) is 4.39 Å². The molecule has 3 aromatic rings. The Morgan fingerprint density at radius 1 is 1.05 bits per heavy atom. The van der Waals surface area contributed by atoms with Gasteiger partial charge in [0.15, 0.2) is 0 Å². The first-order valence-electron chi connectivity index (χ1n) is 6.05. The molecular formula is C15H13ClFN3O. The van der Waals surface area contributed by atoms with Crippen LogP contribution in [-0.2, 0) is 0 Å². The predicted molar refractivity (Wildman–Crippen MR) is 82.0 cm³/mol. The molecule has 0 aliphatic rings. The van der Waals surface area contributed by atoms with Gasteiger partial charge in [0.05, 0.1) is 5.52 Å². The molecule has 6 heteroatoms. The maximum atomic E-state index is 12.9. The summed E-state index contributed by atoms with van der Waals surface area (Å²) in [6.07, 6.45) is 1.95. The van der Waals surface area contributed by atoms with Gasteiger partial charge in [0.1, 0.15) is 5.82 Å². The number of carbonyl (C=O) groups excluding carboxylic acids is 1. The molecule has 0 saturated carbocycles. The minimum absolute atomic E-state index is 0.228. The van der Waals surface area contributed by atoms with Gasteiger partial charge >= 0.3 is 6.03 Å². The minimum atomic E-state index is -0.833. The molecule has 21 heavy (non-hydrogen) atoms. The van der Waals surface area contributed by atoms with E-state index in [-0.39, 0.29) is 5.82 Å². The number of urea groups is 1. The summed E-state index contributed by atoms with van der Waals surface area (Å²) >= 11 is 5.94. The van der Waals surface area contributed by atoms with Crippen LogP contribution >= 0.6 is 11.6 Å². The molecule has 2 amide bonds. The average Bonchev–Trinajstić information content (AvgIpc) is 2.82. The number of nitrogens with zero attached hydrogens (tertiary/aromatic N) is 1. The third-order valence-electron chi connectivity index (χ3n) is 2.76. The highest BCUT2D eigenvalue weighted by atomic mass is 35.5. The van der Waals surface area contributed by atoms with Crippen LogP contribution in [0.1, 0.15) is 0 Å². The maximum Gasteiger partial charge on any atom is 0.309 e. The van der Waals surface area contributed by atoms with Gasteiger partial charge in [-0.1, -0.05) is 11.6 Å². The van der Waals surface area contributed by atoms with Crippen LogP contribution in [0.25, 0.3) is 16.6 Å². The van der Waals surface area contributed by atoms with Gasteiger partial charge in [-0.05, 0) is 48.5 Å². The van der Waals surface area contributed by atoms with Gasteiger partial charge in [-0.2, -0.15) is 0 Å². The molecule has 0 aliphatic carbocycles. The molecule has 0 atom stereocenters. The summed E-state index contributed by atoms with van der Waals surface area (Å²) in [6, 6.07) is 13.3. The molecule has 1 heterocycles. The van der Waals surface area contributed by atoms with E-state index in [1.165, 1.54) is 12.1 Å². The van der Waals surface area contributed by atoms with Crippen molar-refractivity contribution in [3.8, 4) is 5.69 Å². The quantitative estimate of drug-likeness (QED) is 0.710. The number of hydrogen-bond donors (Lipinski definition) is 2. The SMILES string of the molecule is Fc1ccc(-n2ccc3cc(Cl)ccc32)cc1.NC(N)=O. The molecule has 2 aromatic carbocycles. The molecule has 0 saturated heterocycles. The zero-order valence-electron chi connectivity index (χ0n) is 11.0. The average molecular weight is 306 g/mol. The van der Waals surface area contributed by atoms with Crippen molar-refractivity contribution < 1.29 is 9.18 Å². The topological polar surface area (TPSA) is 74.0 Å². The molecule has 0 fully saturated rings. The Bertz CT molecular complexity index is 764. The number of rotatable bonds is 1. The van der Waals surface area contributed by atoms with Crippen LogP contribution in [0, 0.1) is 5.82 Å². The van der Waals surface area contributed by atoms with Crippen molar-refractivity contribution in [3.05, 3.63) is 65.6 Å². The van der Waals surface area contributed by atoms with Crippen LogP contribution in [0.15, 0.2) is 54.7 Å². The second kappa shape index (κ2) is 6.28. The van der Waals surface area contributed by atoms with E-state index in [0.717, 1.165) is 16.6 Å². The second-order valence-electron chi connectivity index (χ2n) is 4.27. The summed E-state index contributed by atoms with van der Waals surface area (Å²) in [4.78, 5) is 9.00. The first-order chi connectivity index (χ1) is 9.97. The van der Waals surface area contributed by atoms with Gasteiger partial charge in [0.25, 0.3) is 0 Å². The van der Waals surface area contributed by atoms with Crippen LogP contribution in [0.2, 0.25) is 5.02 Å². The molecule has 0 unspecified atom stereocenters. The Morgan fingerprint density at radius 2 is 1.67 bits per heavy atom. The van der Waals surface area contributed by atoms with Gasteiger partial charge in [0, 0.05) is 22.3 Å². The normalized spacial score (nSPS) is 10.0. The van der Waals surface area contributed by atoms with Crippen LogP contribution in [-0.4, -0.2) is 10.6 Å². The zero-order valence-corrected chi connectivity index (χ0v) is 11.7. The third kappa shape index (κ3) is 3.73. The fraction of sp³-hybridized carbons (Fsp3) is 0. The number of benzene rings is 2. The molecule has 4 nitrogen and oxygen atoms in total. The summed E-state index contributed by atoms with van der Waals surface area (Å²) in [6.45, 7) is 0. The van der Waals surface area contributed by atoms with Gasteiger partial charge < -0.3 is 16.0 Å². The van der Waals surface area contributed by atoms with Crippen LogP contribution < -0.4 is 11.5 Å². The summed E-state index contributed by atoms with van der Waals surface area (Å²) in [5, 5.41) is 1.79. The lowest BCUT2D eigenvalue weighted by atomic mass is 10.2. The number of primary amides is 2. The first-order valence-corrected chi connectivity index (χ1v) is 6.42. The van der Waals surface area contributed by atoms with Crippen molar-refractivity contribution in [3.63, 3.8) is 0 Å². The summed E-state index contributed by atoms with van der Waals surface area (Å²) in [5.74, 6) is -0.228. The Labute approximate surface area is 125 Å². The van der Waals surface area contributed by atoms with E-state index in [0.29, 0.717) is 5.02 Å². The first kappa shape index (κ1) is 14.9. The standard InChI is InChI=1S/C14H9ClFN.CH4N2O/c15-11-1-6-14-10(9-11)7-8-17(14)13-4-2-12(16)3-5-13;2-1(3)4/h1-9H;(H4,2,3,4). The largest absolute Gasteiger partial charge is 0.352 e. The highest BCUT2D eigenvalue weighted by Crippen LogP contribution is 2.23. The van der Waals surface area contributed by atoms with E-state index in [4.69, 9.17) is 16.4 Å². The van der Waals surface area contributed by atoms with Crippen LogP contribution in [0.3, 0.4) is 0 Å². The Balaban J connectivity index is 0.000000361. The molecule has 0 radical (unpaired) electrons. The Kier molecular flexibility index (Phi) is 4.45. The smallest absolute Gasteiger partial charge is 0.309 e. The Morgan fingerprint density at radius 3 is 2.29 bits per heavy atom. The number of amides is 2. The van der Waals surface area contributed by atoms with Crippen molar-refractivity contribution >= 4 is 28.5 Å². The highest BCUT2D eigenvalue weighted by molar-refractivity contribution is 6.31. The number of fused-ring (bicyclic) bond motifs is 1. The fourth-order valence-electron chi connectivity index (χ4n) is 1.94. The molecule has 108 valence electrons. The summed E-state index contributed by atoms with van der Waals surface area (Å²) in [5.41, 5.74) is 10.5. The molecule has 4 N–H and O–H groups in total. The van der Waals surface area contributed by atoms with E-state index < -0.39 is 6.03 Å². The van der Waals surface area contributed by atoms with Crippen LogP contribution in [0.5, 0.6) is 0 Å². The Hall–Kier alpha value is -2.53. The molecule has 0 spiro atoms. The molecule has 0 bridgehead atoms. The molecule has 1 aromatic heterocycles. The lowest BCUT2D eigenvalue weighted by molar-refractivity contribution is 0.256. The van der Waals surface area contributed by atoms with Crippen molar-refractivity contribution in [1.29, 1.82) is 0 Å². The van der Waals surface area contributed by atoms with E-state index in [1.807, 2.05) is 35.0 Å². The fourth-order valence-corrected chi connectivity index (χ4v) is 2.12. The van der Waals surface area contributed by atoms with E-state index >= 15 is 0 Å². The van der Waals surface area contributed by atoms with E-state index in [2.05, 4.69) is 11.5 Å². The number of halogens is 2. The number of hydrogen-bond acceptors (Lipinski definition) is 1. The maximum absolute atomic E-state index is 12.9. The zero-order chi connectivity index (χ0) is 15.4. The predicted octanol–water partition coefficient (Wildman–Crippen LogP) is 3.45. The third-order valence-corrected chi connectivity index (χ3v) is 2.99. The van der Waals surface area contributed by atoms with Crippen molar-refractivity contribution in [2.75, 3.05) is 0 Å². The van der Waals surface area contributed by atoms with E-state index in [1.54, 1.807) is 12.1 Å². The second-order valence-corrected chi connectivity index (χ2v) is 4.70. The van der Waals surface area contributed by atoms with Gasteiger partial charge in [0.2, 0.25) is 0 Å². The molecule has 3 rings (SSSR count). The van der Waals surface area contributed by atoms with Crippen molar-refractivity contribution in [2.24, 2.45) is 11.5 Å².